The number of benzene rings is 1. The molecular weight excluding hydrogens is 264 g/mol. The van der Waals surface area contributed by atoms with Crippen LogP contribution in [0.5, 0.6) is 5.75 Å². The third-order valence-corrected chi connectivity index (χ3v) is 3.06. The van der Waals surface area contributed by atoms with Crippen LogP contribution >= 0.6 is 0 Å². The van der Waals surface area contributed by atoms with Crippen molar-refractivity contribution in [3.63, 3.8) is 0 Å². The van der Waals surface area contributed by atoms with E-state index in [4.69, 9.17) is 4.74 Å². The first-order valence-electron chi connectivity index (χ1n) is 7.88. The topological polar surface area (TPSA) is 50.4 Å². The molecule has 1 amide bonds. The second-order valence-electron chi connectivity index (χ2n) is 5.52. The summed E-state index contributed by atoms with van der Waals surface area (Å²) in [5.74, 6) is 0.768. The molecule has 1 aromatic rings. The zero-order valence-electron chi connectivity index (χ0n) is 13.4. The second-order valence-corrected chi connectivity index (χ2v) is 5.52. The van der Waals surface area contributed by atoms with Gasteiger partial charge in [-0.2, -0.15) is 0 Å². The number of anilines is 1. The van der Waals surface area contributed by atoms with Crippen molar-refractivity contribution in [3.05, 3.63) is 24.3 Å². The molecule has 1 aromatic carbocycles. The van der Waals surface area contributed by atoms with Crippen LogP contribution in [0.15, 0.2) is 24.3 Å². The summed E-state index contributed by atoms with van der Waals surface area (Å²) in [6.07, 6.45) is 4.75. The predicted molar refractivity (Wildman–Crippen MR) is 87.8 cm³/mol. The molecule has 0 spiro atoms. The molecule has 0 aliphatic rings. The van der Waals surface area contributed by atoms with Gasteiger partial charge in [0.2, 0.25) is 5.91 Å². The van der Waals surface area contributed by atoms with Crippen LogP contribution in [0.4, 0.5) is 5.69 Å². The molecule has 0 aromatic heterocycles. The molecule has 118 valence electrons. The summed E-state index contributed by atoms with van der Waals surface area (Å²) in [6.45, 7) is 7.27. The summed E-state index contributed by atoms with van der Waals surface area (Å²) in [6, 6.07) is 7.85. The fourth-order valence-corrected chi connectivity index (χ4v) is 1.88. The smallest absolute Gasteiger partial charge is 0.238 e. The zero-order chi connectivity index (χ0) is 15.5. The molecule has 0 saturated heterocycles. The van der Waals surface area contributed by atoms with Crippen molar-refractivity contribution in [2.24, 2.45) is 0 Å². The molecule has 4 heteroatoms. The third-order valence-electron chi connectivity index (χ3n) is 3.06. The molecule has 4 nitrogen and oxygen atoms in total. The van der Waals surface area contributed by atoms with Gasteiger partial charge in [-0.1, -0.05) is 46.1 Å². The Kier molecular flexibility index (Phi) is 8.51. The van der Waals surface area contributed by atoms with Crippen LogP contribution in [0.3, 0.4) is 0 Å². The van der Waals surface area contributed by atoms with Crippen molar-refractivity contribution >= 4 is 11.6 Å². The first-order chi connectivity index (χ1) is 10.1. The van der Waals surface area contributed by atoms with E-state index in [1.165, 1.54) is 19.3 Å². The molecule has 0 aliphatic heterocycles. The van der Waals surface area contributed by atoms with Gasteiger partial charge in [0.25, 0.3) is 0 Å². The number of unbranched alkanes of at least 4 members (excludes halogenated alkanes) is 3. The summed E-state index contributed by atoms with van der Waals surface area (Å²) in [5, 5.41) is 5.96. The third kappa shape index (κ3) is 8.35. The summed E-state index contributed by atoms with van der Waals surface area (Å²) in [7, 11) is 0. The van der Waals surface area contributed by atoms with Gasteiger partial charge in [-0.05, 0) is 18.6 Å². The number of ether oxygens (including phenoxy) is 1. The van der Waals surface area contributed by atoms with Gasteiger partial charge in [0.15, 0.2) is 0 Å². The van der Waals surface area contributed by atoms with E-state index in [0.717, 1.165) is 24.5 Å². The Morgan fingerprint density at radius 1 is 1.24 bits per heavy atom. The predicted octanol–water partition coefficient (Wildman–Crippen LogP) is 3.58. The van der Waals surface area contributed by atoms with Crippen LogP contribution in [0, 0.1) is 0 Å². The molecule has 0 bridgehead atoms. The standard InChI is InChI=1S/C17H28N2O2/c1-4-5-6-7-11-21-16-10-8-9-15(12-16)19-17(20)13-18-14(2)3/h8-10,12,14,18H,4-7,11,13H2,1-3H3,(H,19,20). The minimum atomic E-state index is -0.0382. The minimum absolute atomic E-state index is 0.0382. The first-order valence-corrected chi connectivity index (χ1v) is 7.88. The highest BCUT2D eigenvalue weighted by atomic mass is 16.5. The van der Waals surface area contributed by atoms with Gasteiger partial charge in [-0.3, -0.25) is 4.79 Å². The second kappa shape index (κ2) is 10.2. The number of hydrogen-bond donors (Lipinski definition) is 2. The minimum Gasteiger partial charge on any atom is -0.494 e. The average Bonchev–Trinajstić information content (AvgIpc) is 2.45. The Balaban J connectivity index is 2.36. The van der Waals surface area contributed by atoms with E-state index in [9.17, 15) is 4.79 Å². The maximum Gasteiger partial charge on any atom is 0.238 e. The lowest BCUT2D eigenvalue weighted by Gasteiger charge is -2.10. The van der Waals surface area contributed by atoms with Crippen LogP contribution < -0.4 is 15.4 Å². The van der Waals surface area contributed by atoms with Gasteiger partial charge >= 0.3 is 0 Å². The van der Waals surface area contributed by atoms with Gasteiger partial charge in [0.1, 0.15) is 5.75 Å². The quantitative estimate of drug-likeness (QED) is 0.648. The van der Waals surface area contributed by atoms with E-state index in [1.54, 1.807) is 0 Å². The molecule has 0 saturated carbocycles. The van der Waals surface area contributed by atoms with Gasteiger partial charge in [-0.15, -0.1) is 0 Å². The molecule has 21 heavy (non-hydrogen) atoms. The molecule has 0 atom stereocenters. The molecule has 0 fully saturated rings. The first kappa shape index (κ1) is 17.5. The van der Waals surface area contributed by atoms with E-state index in [1.807, 2.05) is 38.1 Å². The van der Waals surface area contributed by atoms with E-state index < -0.39 is 0 Å². The van der Waals surface area contributed by atoms with Crippen LogP contribution in [0.1, 0.15) is 46.5 Å². The highest BCUT2D eigenvalue weighted by Gasteiger charge is 2.04. The summed E-state index contributed by atoms with van der Waals surface area (Å²) >= 11 is 0. The summed E-state index contributed by atoms with van der Waals surface area (Å²) in [5.41, 5.74) is 0.775. The van der Waals surface area contributed by atoms with Crippen LogP contribution in [0.2, 0.25) is 0 Å². The Labute approximate surface area is 128 Å². The summed E-state index contributed by atoms with van der Waals surface area (Å²) in [4.78, 5) is 11.7. The van der Waals surface area contributed by atoms with Gasteiger partial charge in [0, 0.05) is 17.8 Å². The van der Waals surface area contributed by atoms with Crippen LogP contribution in [-0.4, -0.2) is 25.1 Å². The zero-order valence-corrected chi connectivity index (χ0v) is 13.4. The lowest BCUT2D eigenvalue weighted by Crippen LogP contribution is -2.32. The van der Waals surface area contributed by atoms with Crippen LogP contribution in [0.25, 0.3) is 0 Å². The van der Waals surface area contributed by atoms with E-state index in [2.05, 4.69) is 17.6 Å². The molecule has 0 aliphatic carbocycles. The van der Waals surface area contributed by atoms with Crippen molar-refractivity contribution in [1.82, 2.24) is 5.32 Å². The van der Waals surface area contributed by atoms with Gasteiger partial charge in [0.05, 0.1) is 13.2 Å². The number of nitrogens with one attached hydrogen (secondary N) is 2. The average molecular weight is 292 g/mol. The number of amides is 1. The lowest BCUT2D eigenvalue weighted by atomic mass is 10.2. The largest absolute Gasteiger partial charge is 0.494 e. The van der Waals surface area contributed by atoms with E-state index >= 15 is 0 Å². The number of carbonyl (C=O) groups is 1. The normalized spacial score (nSPS) is 10.7. The van der Waals surface area contributed by atoms with E-state index in [-0.39, 0.29) is 5.91 Å². The molecule has 1 rings (SSSR count). The van der Waals surface area contributed by atoms with Crippen molar-refractivity contribution in [3.8, 4) is 5.75 Å². The number of rotatable bonds is 10. The molecule has 0 radical (unpaired) electrons. The Bertz CT molecular complexity index is 419. The number of carbonyl (C=O) groups excluding carboxylic acids is 1. The van der Waals surface area contributed by atoms with E-state index in [0.29, 0.717) is 12.6 Å². The van der Waals surface area contributed by atoms with Crippen molar-refractivity contribution < 1.29 is 9.53 Å². The molecule has 0 heterocycles. The molecular formula is C17H28N2O2. The fourth-order valence-electron chi connectivity index (χ4n) is 1.88. The Hall–Kier alpha value is -1.55. The highest BCUT2D eigenvalue weighted by Crippen LogP contribution is 2.17. The van der Waals surface area contributed by atoms with Gasteiger partial charge in [-0.25, -0.2) is 0 Å². The highest BCUT2D eigenvalue weighted by molar-refractivity contribution is 5.92. The number of hydrogen-bond acceptors (Lipinski definition) is 3. The fraction of sp³-hybridized carbons (Fsp3) is 0.588. The lowest BCUT2D eigenvalue weighted by molar-refractivity contribution is -0.115. The van der Waals surface area contributed by atoms with Crippen LogP contribution in [-0.2, 0) is 4.79 Å². The van der Waals surface area contributed by atoms with Crippen molar-refractivity contribution in [2.45, 2.75) is 52.5 Å². The SMILES string of the molecule is CCCCCCOc1cccc(NC(=O)CNC(C)C)c1. The maximum atomic E-state index is 11.7. The molecule has 2 N–H and O–H groups in total. The maximum absolute atomic E-state index is 11.7. The monoisotopic (exact) mass is 292 g/mol. The summed E-state index contributed by atoms with van der Waals surface area (Å²) < 4.78 is 5.71. The van der Waals surface area contributed by atoms with Crippen molar-refractivity contribution in [2.75, 3.05) is 18.5 Å². The Morgan fingerprint density at radius 3 is 2.76 bits per heavy atom. The Morgan fingerprint density at radius 2 is 2.05 bits per heavy atom. The van der Waals surface area contributed by atoms with Crippen molar-refractivity contribution in [1.29, 1.82) is 0 Å². The molecule has 0 unspecified atom stereocenters. The van der Waals surface area contributed by atoms with Gasteiger partial charge < -0.3 is 15.4 Å².